The zero-order valence-electron chi connectivity index (χ0n) is 20.5. The van der Waals surface area contributed by atoms with E-state index >= 15 is 0 Å². The first kappa shape index (κ1) is 24.4. The van der Waals surface area contributed by atoms with Crippen LogP contribution in [0.15, 0.2) is 34.6 Å². The minimum atomic E-state index is -0.744. The lowest BCUT2D eigenvalue weighted by atomic mass is 9.93. The maximum Gasteiger partial charge on any atom is 0.303 e. The molecule has 1 amide bonds. The first-order chi connectivity index (χ1) is 17.4. The number of likely N-dealkylation sites (tertiary alicyclic amines) is 1. The zero-order valence-corrected chi connectivity index (χ0v) is 21.3. The molecule has 1 fully saturated rings. The smallest absolute Gasteiger partial charge is 0.303 e. The maximum absolute atomic E-state index is 12.6. The predicted molar refractivity (Wildman–Crippen MR) is 135 cm³/mol. The van der Waals surface area contributed by atoms with Crippen molar-refractivity contribution >= 4 is 40.6 Å². The van der Waals surface area contributed by atoms with E-state index in [0.29, 0.717) is 30.3 Å². The van der Waals surface area contributed by atoms with Crippen LogP contribution in [0, 0.1) is 5.92 Å². The van der Waals surface area contributed by atoms with Crippen molar-refractivity contribution in [2.75, 3.05) is 25.4 Å². The molecule has 3 aromatic rings. The fraction of sp³-hybridized carbons (Fsp3) is 0.480. The van der Waals surface area contributed by atoms with Crippen LogP contribution in [0.25, 0.3) is 11.2 Å². The number of carbonyl (C=O) groups excluding carboxylic acids is 2. The van der Waals surface area contributed by atoms with Gasteiger partial charge in [0.05, 0.1) is 6.61 Å². The number of esters is 1. The number of benzene rings is 1. The summed E-state index contributed by atoms with van der Waals surface area (Å²) in [5.41, 5.74) is 8.68. The standard InChI is InChI=1S/C25H30N6O4S/c1-15(35-16(2)32)24(33)30-9-5-17(6-10-30)7-11-31-23-21(22(26)27-14-28-23)29-25(31)36-19-3-4-20-18(13-19)8-12-34-20/h3-4,13-15,17H,5-12H2,1-2H3,(H2,26,27,28). The number of amides is 1. The Morgan fingerprint density at radius 1 is 1.28 bits per heavy atom. The van der Waals surface area contributed by atoms with Gasteiger partial charge in [-0.15, -0.1) is 0 Å². The highest BCUT2D eigenvalue weighted by Crippen LogP contribution is 2.35. The topological polar surface area (TPSA) is 125 Å². The molecule has 190 valence electrons. The number of aromatic nitrogens is 4. The van der Waals surface area contributed by atoms with Crippen LogP contribution in [0.3, 0.4) is 0 Å². The van der Waals surface area contributed by atoms with Gasteiger partial charge in [0.25, 0.3) is 5.91 Å². The molecule has 2 N–H and O–H groups in total. The fourth-order valence-corrected chi connectivity index (χ4v) is 5.83. The number of carbonyl (C=O) groups is 2. The molecule has 4 heterocycles. The van der Waals surface area contributed by atoms with Crippen molar-refractivity contribution in [3.63, 3.8) is 0 Å². The summed E-state index contributed by atoms with van der Waals surface area (Å²) in [6.45, 7) is 5.73. The second-order valence-corrected chi connectivity index (χ2v) is 10.3. The summed E-state index contributed by atoms with van der Waals surface area (Å²) in [7, 11) is 0. The second kappa shape index (κ2) is 10.3. The largest absolute Gasteiger partial charge is 0.493 e. The number of nitrogens with two attached hydrogens (primary N) is 1. The van der Waals surface area contributed by atoms with Crippen molar-refractivity contribution in [3.05, 3.63) is 30.1 Å². The third-order valence-corrected chi connectivity index (χ3v) is 7.76. The highest BCUT2D eigenvalue weighted by atomic mass is 32.2. The third kappa shape index (κ3) is 5.11. The van der Waals surface area contributed by atoms with Crippen molar-refractivity contribution in [3.8, 4) is 5.75 Å². The Balaban J connectivity index is 1.27. The van der Waals surface area contributed by atoms with Crippen molar-refractivity contribution < 1.29 is 19.1 Å². The Morgan fingerprint density at radius 2 is 2.08 bits per heavy atom. The van der Waals surface area contributed by atoms with E-state index in [0.717, 1.165) is 60.3 Å². The number of ether oxygens (including phenoxy) is 2. The van der Waals surface area contributed by atoms with Gasteiger partial charge in [-0.25, -0.2) is 15.0 Å². The van der Waals surface area contributed by atoms with Crippen LogP contribution in [0.2, 0.25) is 0 Å². The summed E-state index contributed by atoms with van der Waals surface area (Å²) in [5.74, 6) is 1.22. The molecule has 2 aliphatic heterocycles. The number of nitrogen functional groups attached to an aromatic ring is 1. The number of hydrogen-bond donors (Lipinski definition) is 1. The van der Waals surface area contributed by atoms with E-state index < -0.39 is 12.1 Å². The van der Waals surface area contributed by atoms with Gasteiger partial charge in [0, 0.05) is 37.9 Å². The van der Waals surface area contributed by atoms with Gasteiger partial charge in [0.2, 0.25) is 0 Å². The van der Waals surface area contributed by atoms with Gasteiger partial charge < -0.3 is 24.7 Å². The molecule has 36 heavy (non-hydrogen) atoms. The van der Waals surface area contributed by atoms with Gasteiger partial charge in [-0.2, -0.15) is 0 Å². The van der Waals surface area contributed by atoms with Crippen molar-refractivity contribution in [2.24, 2.45) is 5.92 Å². The second-order valence-electron chi connectivity index (χ2n) is 9.26. The van der Waals surface area contributed by atoms with E-state index in [9.17, 15) is 9.59 Å². The van der Waals surface area contributed by atoms with Crippen LogP contribution in [-0.2, 0) is 27.3 Å². The number of fused-ring (bicyclic) bond motifs is 2. The summed E-state index contributed by atoms with van der Waals surface area (Å²) in [6.07, 6.45) is 4.38. The first-order valence-corrected chi connectivity index (χ1v) is 13.1. The van der Waals surface area contributed by atoms with Gasteiger partial charge >= 0.3 is 5.97 Å². The van der Waals surface area contributed by atoms with Crippen LogP contribution in [0.5, 0.6) is 5.75 Å². The summed E-state index contributed by atoms with van der Waals surface area (Å²) >= 11 is 1.59. The number of aryl methyl sites for hydroxylation is 1. The van der Waals surface area contributed by atoms with Gasteiger partial charge in [-0.05, 0) is 55.9 Å². The molecule has 2 aliphatic rings. The van der Waals surface area contributed by atoms with Gasteiger partial charge in [-0.1, -0.05) is 11.8 Å². The van der Waals surface area contributed by atoms with Crippen LogP contribution in [0.4, 0.5) is 5.82 Å². The molecule has 10 nitrogen and oxygen atoms in total. The average molecular weight is 511 g/mol. The van der Waals surface area contributed by atoms with E-state index in [2.05, 4.69) is 26.7 Å². The molecule has 0 bridgehead atoms. The number of imidazole rings is 1. The quantitative estimate of drug-likeness (QED) is 0.477. The van der Waals surface area contributed by atoms with Crippen LogP contribution in [0.1, 0.15) is 38.7 Å². The number of nitrogens with zero attached hydrogens (tertiary/aromatic N) is 5. The molecular formula is C25H30N6O4S. The van der Waals surface area contributed by atoms with E-state index in [1.807, 2.05) is 6.07 Å². The highest BCUT2D eigenvalue weighted by Gasteiger charge is 2.28. The monoisotopic (exact) mass is 510 g/mol. The zero-order chi connectivity index (χ0) is 25.2. The molecular weight excluding hydrogens is 480 g/mol. The van der Waals surface area contributed by atoms with Crippen LogP contribution in [-0.4, -0.2) is 62.1 Å². The van der Waals surface area contributed by atoms with E-state index in [1.165, 1.54) is 18.8 Å². The minimum absolute atomic E-state index is 0.130. The van der Waals surface area contributed by atoms with Crippen LogP contribution < -0.4 is 10.5 Å². The summed E-state index contributed by atoms with van der Waals surface area (Å²) in [4.78, 5) is 40.0. The SMILES string of the molecule is CC(=O)OC(C)C(=O)N1CCC(CCn2c(Sc3ccc4c(c3)CCO4)nc3c(N)ncnc32)CC1. The Kier molecular flexibility index (Phi) is 6.99. The summed E-state index contributed by atoms with van der Waals surface area (Å²) in [6, 6.07) is 6.23. The lowest BCUT2D eigenvalue weighted by Crippen LogP contribution is -2.44. The summed E-state index contributed by atoms with van der Waals surface area (Å²) in [5, 5.41) is 0.832. The fourth-order valence-electron chi connectivity index (χ4n) is 4.86. The molecule has 0 radical (unpaired) electrons. The molecule has 1 saturated heterocycles. The van der Waals surface area contributed by atoms with Gasteiger partial charge in [0.15, 0.2) is 28.2 Å². The molecule has 11 heteroatoms. The predicted octanol–water partition coefficient (Wildman–Crippen LogP) is 3.07. The summed E-state index contributed by atoms with van der Waals surface area (Å²) < 4.78 is 12.8. The Labute approximate surface area is 213 Å². The molecule has 1 unspecified atom stereocenters. The molecule has 5 rings (SSSR count). The molecule has 2 aromatic heterocycles. The van der Waals surface area contributed by atoms with Crippen molar-refractivity contribution in [1.29, 1.82) is 0 Å². The molecule has 0 aliphatic carbocycles. The minimum Gasteiger partial charge on any atom is -0.493 e. The van der Waals surface area contributed by atoms with Crippen molar-refractivity contribution in [2.45, 2.75) is 62.2 Å². The third-order valence-electron chi connectivity index (χ3n) is 6.77. The van der Waals surface area contributed by atoms with E-state index in [-0.39, 0.29) is 5.91 Å². The Bertz CT molecular complexity index is 1290. The lowest BCUT2D eigenvalue weighted by Gasteiger charge is -2.33. The maximum atomic E-state index is 12.6. The highest BCUT2D eigenvalue weighted by molar-refractivity contribution is 7.99. The van der Waals surface area contributed by atoms with E-state index in [1.54, 1.807) is 23.6 Å². The molecule has 0 saturated carbocycles. The molecule has 1 atom stereocenters. The number of anilines is 1. The van der Waals surface area contributed by atoms with Crippen molar-refractivity contribution in [1.82, 2.24) is 24.4 Å². The molecule has 0 spiro atoms. The van der Waals surface area contributed by atoms with Crippen LogP contribution >= 0.6 is 11.8 Å². The number of rotatable bonds is 7. The normalized spacial score (nSPS) is 16.6. The Hall–Kier alpha value is -3.34. The number of hydrogen-bond acceptors (Lipinski definition) is 9. The van der Waals surface area contributed by atoms with Gasteiger partial charge in [0.1, 0.15) is 12.1 Å². The van der Waals surface area contributed by atoms with E-state index in [4.69, 9.17) is 20.2 Å². The number of piperidine rings is 1. The molecule has 1 aromatic carbocycles. The Morgan fingerprint density at radius 3 is 2.86 bits per heavy atom. The van der Waals surface area contributed by atoms with Gasteiger partial charge in [-0.3, -0.25) is 9.59 Å². The average Bonchev–Trinajstić information content (AvgIpc) is 3.47. The first-order valence-electron chi connectivity index (χ1n) is 12.3. The lowest BCUT2D eigenvalue weighted by molar-refractivity contribution is -0.158.